The lowest BCUT2D eigenvalue weighted by atomic mass is 9.88. The van der Waals surface area contributed by atoms with Gasteiger partial charge in [-0.3, -0.25) is 0 Å². The van der Waals surface area contributed by atoms with Gasteiger partial charge in [-0.2, -0.15) is 0 Å². The van der Waals surface area contributed by atoms with Crippen molar-refractivity contribution in [2.45, 2.75) is 12.3 Å². The molecule has 0 spiro atoms. The van der Waals surface area contributed by atoms with Crippen LogP contribution in [0.2, 0.25) is 0 Å². The minimum absolute atomic E-state index is 0.325. The zero-order chi connectivity index (χ0) is 11.7. The zero-order valence-electron chi connectivity index (χ0n) is 9.64. The zero-order valence-corrected chi connectivity index (χ0v) is 9.64. The van der Waals surface area contributed by atoms with Crippen LogP contribution in [-0.4, -0.2) is 0 Å². The Kier molecular flexibility index (Phi) is 2.45. The fourth-order valence-electron chi connectivity index (χ4n) is 2.50. The molecule has 2 N–H and O–H groups in total. The molecule has 2 aromatic carbocycles. The predicted octanol–water partition coefficient (Wildman–Crippen LogP) is 1.72. The Labute approximate surface area is 101 Å². The molecule has 17 heavy (non-hydrogen) atoms. The summed E-state index contributed by atoms with van der Waals surface area (Å²) in [6.45, 7) is 0. The summed E-state index contributed by atoms with van der Waals surface area (Å²) in [4.78, 5) is 0. The topological polar surface area (TPSA) is 26.0 Å². The van der Waals surface area contributed by atoms with Gasteiger partial charge in [-0.15, -0.1) is 0 Å². The van der Waals surface area contributed by atoms with Crippen molar-refractivity contribution in [3.63, 3.8) is 0 Å². The van der Waals surface area contributed by atoms with Gasteiger partial charge in [0.1, 0.15) is 0 Å². The van der Waals surface area contributed by atoms with Gasteiger partial charge in [0.2, 0.25) is 0 Å². The Morgan fingerprint density at radius 1 is 0.882 bits per heavy atom. The first-order valence-electron chi connectivity index (χ1n) is 5.96. The van der Waals surface area contributed by atoms with Crippen LogP contribution in [0.15, 0.2) is 54.6 Å². The van der Waals surface area contributed by atoms with E-state index in [1.165, 1.54) is 16.0 Å². The lowest BCUT2D eigenvalue weighted by Crippen LogP contribution is -2.34. The van der Waals surface area contributed by atoms with Crippen molar-refractivity contribution < 1.29 is 0 Å². The van der Waals surface area contributed by atoms with Crippen LogP contribution in [0.1, 0.15) is 17.9 Å². The second-order valence-electron chi connectivity index (χ2n) is 4.45. The molecule has 0 amide bonds. The molecule has 1 aliphatic rings. The molecule has 0 bridgehead atoms. The van der Waals surface area contributed by atoms with Crippen molar-refractivity contribution in [1.29, 1.82) is 0 Å². The molecule has 0 radical (unpaired) electrons. The van der Waals surface area contributed by atoms with Crippen LogP contribution in [0, 0.1) is 0 Å². The number of rotatable bonds is 1. The molecule has 0 fully saturated rings. The molecule has 0 saturated heterocycles. The van der Waals surface area contributed by atoms with Crippen molar-refractivity contribution in [2.75, 3.05) is 0 Å². The van der Waals surface area contributed by atoms with Gasteiger partial charge in [0.05, 0.1) is 0 Å². The van der Waals surface area contributed by atoms with E-state index >= 15 is 0 Å². The van der Waals surface area contributed by atoms with E-state index in [9.17, 15) is 0 Å². The molecule has 0 aromatic heterocycles. The molecule has 1 aliphatic carbocycles. The maximum atomic E-state index is 6.32. The summed E-state index contributed by atoms with van der Waals surface area (Å²) < 4.78 is 0. The third-order valence-electron chi connectivity index (χ3n) is 3.42. The number of hydrogen-bond acceptors (Lipinski definition) is 1. The Balaban J connectivity index is 2.17. The summed E-state index contributed by atoms with van der Waals surface area (Å²) in [5, 5.41) is 2.45. The van der Waals surface area contributed by atoms with E-state index in [-0.39, 0.29) is 0 Å². The average molecular weight is 221 g/mol. The number of fused-ring (bicyclic) bond motifs is 1. The van der Waals surface area contributed by atoms with Gasteiger partial charge < -0.3 is 5.73 Å². The second kappa shape index (κ2) is 4.10. The first kappa shape index (κ1) is 10.2. The molecule has 0 heterocycles. The highest BCUT2D eigenvalue weighted by atomic mass is 14.6. The summed E-state index contributed by atoms with van der Waals surface area (Å²) in [7, 11) is 0. The van der Waals surface area contributed by atoms with Gasteiger partial charge in [0.15, 0.2) is 0 Å². The molecular weight excluding hydrogens is 206 g/mol. The van der Waals surface area contributed by atoms with Gasteiger partial charge in [0.25, 0.3) is 0 Å². The minimum Gasteiger partial charge on any atom is -0.401 e. The molecule has 84 valence electrons. The molecule has 1 heteroatoms. The molecule has 1 nitrogen and oxygen atoms in total. The average Bonchev–Trinajstić information content (AvgIpc) is 2.40. The van der Waals surface area contributed by atoms with E-state index in [4.69, 9.17) is 5.73 Å². The molecular formula is C16H15N. The number of benzene rings is 2. The van der Waals surface area contributed by atoms with Gasteiger partial charge in [-0.05, 0) is 17.2 Å². The lowest BCUT2D eigenvalue weighted by molar-refractivity contribution is 0.875. The predicted molar refractivity (Wildman–Crippen MR) is 71.6 cm³/mol. The van der Waals surface area contributed by atoms with E-state index in [0.29, 0.717) is 5.92 Å². The van der Waals surface area contributed by atoms with E-state index in [0.717, 1.165) is 12.1 Å². The van der Waals surface area contributed by atoms with E-state index < -0.39 is 0 Å². The quantitative estimate of drug-likeness (QED) is 0.779. The number of hydrogen-bond donors (Lipinski definition) is 1. The fourth-order valence-corrected chi connectivity index (χ4v) is 2.50. The summed E-state index contributed by atoms with van der Waals surface area (Å²) >= 11 is 0. The molecule has 1 atom stereocenters. The van der Waals surface area contributed by atoms with Crippen molar-refractivity contribution >= 4 is 11.8 Å². The summed E-state index contributed by atoms with van der Waals surface area (Å²) in [5.41, 5.74) is 8.62. The molecule has 2 aromatic rings. The maximum Gasteiger partial charge on any atom is 0.0276 e. The van der Waals surface area contributed by atoms with Crippen LogP contribution in [0.4, 0.5) is 0 Å². The van der Waals surface area contributed by atoms with Crippen LogP contribution in [0.25, 0.3) is 11.8 Å². The highest BCUT2D eigenvalue weighted by Crippen LogP contribution is 2.26. The fraction of sp³-hybridized carbons (Fsp3) is 0.125. The minimum atomic E-state index is 0.325. The van der Waals surface area contributed by atoms with Crippen LogP contribution in [0.3, 0.4) is 0 Å². The van der Waals surface area contributed by atoms with Crippen molar-refractivity contribution in [3.8, 4) is 0 Å². The van der Waals surface area contributed by atoms with Crippen LogP contribution in [-0.2, 0) is 0 Å². The third-order valence-corrected chi connectivity index (χ3v) is 3.42. The monoisotopic (exact) mass is 221 g/mol. The molecule has 3 rings (SSSR count). The van der Waals surface area contributed by atoms with Crippen LogP contribution >= 0.6 is 0 Å². The standard InChI is InChI=1S/C16H15N/c17-16-14-9-5-4-8-13(14)10-11-15(16)12-6-2-1-3-7-12/h1-10,15H,11,17H2. The van der Waals surface area contributed by atoms with E-state index in [1.807, 2.05) is 12.1 Å². The largest absolute Gasteiger partial charge is 0.401 e. The van der Waals surface area contributed by atoms with Gasteiger partial charge in [-0.25, -0.2) is 0 Å². The Morgan fingerprint density at radius 3 is 2.41 bits per heavy atom. The van der Waals surface area contributed by atoms with Gasteiger partial charge in [0, 0.05) is 16.8 Å². The summed E-state index contributed by atoms with van der Waals surface area (Å²) in [6.07, 6.45) is 3.27. The third kappa shape index (κ3) is 1.74. The Morgan fingerprint density at radius 2 is 1.59 bits per heavy atom. The van der Waals surface area contributed by atoms with Crippen molar-refractivity contribution in [1.82, 2.24) is 0 Å². The van der Waals surface area contributed by atoms with Crippen molar-refractivity contribution in [3.05, 3.63) is 70.6 Å². The summed E-state index contributed by atoms with van der Waals surface area (Å²) in [5.74, 6) is 0.325. The number of nitrogens with two attached hydrogens (primary N) is 1. The molecule has 1 unspecified atom stereocenters. The Bertz CT molecular complexity index is 641. The lowest BCUT2D eigenvalue weighted by Gasteiger charge is -2.19. The first-order chi connectivity index (χ1) is 8.36. The van der Waals surface area contributed by atoms with Crippen molar-refractivity contribution in [2.24, 2.45) is 5.73 Å². The normalized spacial score (nSPS) is 18.4. The van der Waals surface area contributed by atoms with E-state index in [2.05, 4.69) is 48.5 Å². The van der Waals surface area contributed by atoms with Crippen LogP contribution < -0.4 is 16.2 Å². The van der Waals surface area contributed by atoms with Gasteiger partial charge in [-0.1, -0.05) is 60.7 Å². The van der Waals surface area contributed by atoms with Crippen LogP contribution in [0.5, 0.6) is 0 Å². The highest BCUT2D eigenvalue weighted by molar-refractivity contribution is 5.57. The SMILES string of the molecule is NC1=c2ccccc2=CCC1c1ccccc1. The smallest absolute Gasteiger partial charge is 0.0276 e. The molecule has 0 saturated carbocycles. The first-order valence-corrected chi connectivity index (χ1v) is 5.96. The highest BCUT2D eigenvalue weighted by Gasteiger charge is 2.16. The maximum absolute atomic E-state index is 6.32. The summed E-state index contributed by atoms with van der Waals surface area (Å²) in [6, 6.07) is 18.8. The van der Waals surface area contributed by atoms with Gasteiger partial charge >= 0.3 is 0 Å². The Hall–Kier alpha value is -2.02. The molecule has 0 aliphatic heterocycles. The van der Waals surface area contributed by atoms with E-state index in [1.54, 1.807) is 0 Å². The second-order valence-corrected chi connectivity index (χ2v) is 4.45.